The fourth-order valence-electron chi connectivity index (χ4n) is 2.37. The van der Waals surface area contributed by atoms with E-state index in [-0.39, 0.29) is 17.1 Å². The Morgan fingerprint density at radius 3 is 2.22 bits per heavy atom. The number of aromatic nitrogens is 1. The van der Waals surface area contributed by atoms with Crippen LogP contribution in [0, 0.1) is 0 Å². The maximum atomic E-state index is 12.4. The second-order valence-electron chi connectivity index (χ2n) is 7.35. The van der Waals surface area contributed by atoms with Gasteiger partial charge in [-0.25, -0.2) is 0 Å². The van der Waals surface area contributed by atoms with Gasteiger partial charge >= 0.3 is 6.18 Å². The van der Waals surface area contributed by atoms with Gasteiger partial charge in [-0.1, -0.05) is 32.9 Å². The first-order chi connectivity index (χ1) is 12.5. The number of carbonyl (C=O) groups is 1. The van der Waals surface area contributed by atoms with Crippen LogP contribution in [0.3, 0.4) is 0 Å². The standard InChI is InChI=1S/C20H23F3N2O2/c1-13(17-10-9-16(11-24-17)27-12-20(21,22)23)25-18(26)14-5-7-15(8-6-14)19(2,3)4/h5-11,13H,12H2,1-4H3,(H,25,26)/t13-/m0/s1. The molecule has 0 unspecified atom stereocenters. The van der Waals surface area contributed by atoms with Crippen molar-refractivity contribution in [3.8, 4) is 5.75 Å². The molecule has 1 aromatic carbocycles. The van der Waals surface area contributed by atoms with Gasteiger partial charge < -0.3 is 10.1 Å². The highest BCUT2D eigenvalue weighted by atomic mass is 19.4. The molecule has 0 aliphatic carbocycles. The fraction of sp³-hybridized carbons (Fsp3) is 0.400. The third-order valence-electron chi connectivity index (χ3n) is 3.97. The van der Waals surface area contributed by atoms with E-state index in [1.54, 1.807) is 19.1 Å². The van der Waals surface area contributed by atoms with E-state index in [0.29, 0.717) is 11.3 Å². The summed E-state index contributed by atoms with van der Waals surface area (Å²) in [6.45, 7) is 6.67. The van der Waals surface area contributed by atoms with E-state index in [4.69, 9.17) is 0 Å². The van der Waals surface area contributed by atoms with Crippen molar-refractivity contribution in [2.45, 2.75) is 45.3 Å². The molecule has 27 heavy (non-hydrogen) atoms. The highest BCUT2D eigenvalue weighted by Gasteiger charge is 2.28. The van der Waals surface area contributed by atoms with Gasteiger partial charge in [0.25, 0.3) is 5.91 Å². The van der Waals surface area contributed by atoms with Crippen LogP contribution in [0.25, 0.3) is 0 Å². The Morgan fingerprint density at radius 2 is 1.74 bits per heavy atom. The molecule has 0 aliphatic heterocycles. The highest BCUT2D eigenvalue weighted by molar-refractivity contribution is 5.94. The van der Waals surface area contributed by atoms with Crippen LogP contribution < -0.4 is 10.1 Å². The van der Waals surface area contributed by atoms with Crippen molar-refractivity contribution >= 4 is 5.91 Å². The molecule has 0 radical (unpaired) electrons. The molecule has 0 aliphatic rings. The molecule has 0 fully saturated rings. The molecular weight excluding hydrogens is 357 g/mol. The second kappa shape index (κ2) is 7.98. The number of pyridine rings is 1. The van der Waals surface area contributed by atoms with Gasteiger partial charge in [-0.3, -0.25) is 9.78 Å². The van der Waals surface area contributed by atoms with Gasteiger partial charge in [0.2, 0.25) is 0 Å². The van der Waals surface area contributed by atoms with Gasteiger partial charge in [0.05, 0.1) is 17.9 Å². The molecule has 1 N–H and O–H groups in total. The summed E-state index contributed by atoms with van der Waals surface area (Å²) in [7, 11) is 0. The van der Waals surface area contributed by atoms with Gasteiger partial charge in [-0.15, -0.1) is 0 Å². The average molecular weight is 380 g/mol. The Hall–Kier alpha value is -2.57. The molecule has 1 atom stereocenters. The average Bonchev–Trinajstić information content (AvgIpc) is 2.59. The molecule has 0 saturated heterocycles. The van der Waals surface area contributed by atoms with E-state index in [1.807, 2.05) is 12.1 Å². The smallest absolute Gasteiger partial charge is 0.422 e. The van der Waals surface area contributed by atoms with Crippen LogP contribution in [0.5, 0.6) is 5.75 Å². The zero-order valence-electron chi connectivity index (χ0n) is 15.7. The molecule has 0 bridgehead atoms. The van der Waals surface area contributed by atoms with Gasteiger partial charge in [0, 0.05) is 5.56 Å². The van der Waals surface area contributed by atoms with E-state index in [1.165, 1.54) is 18.3 Å². The zero-order valence-corrected chi connectivity index (χ0v) is 15.7. The lowest BCUT2D eigenvalue weighted by atomic mass is 9.86. The Labute approximate surface area is 156 Å². The molecule has 2 aromatic rings. The van der Waals surface area contributed by atoms with Crippen LogP contribution in [0.2, 0.25) is 0 Å². The molecule has 0 spiro atoms. The molecule has 1 aromatic heterocycles. The minimum absolute atomic E-state index is 0.00213. The normalized spacial score (nSPS) is 13.1. The minimum atomic E-state index is -4.40. The van der Waals surface area contributed by atoms with Gasteiger partial charge in [0.15, 0.2) is 6.61 Å². The van der Waals surface area contributed by atoms with Crippen molar-refractivity contribution in [1.29, 1.82) is 0 Å². The Morgan fingerprint density at radius 1 is 1.11 bits per heavy atom. The predicted molar refractivity (Wildman–Crippen MR) is 96.8 cm³/mol. The van der Waals surface area contributed by atoms with Crippen LogP contribution in [0.1, 0.15) is 55.4 Å². The molecule has 7 heteroatoms. The maximum absolute atomic E-state index is 12.4. The number of ether oxygens (including phenoxy) is 1. The monoisotopic (exact) mass is 380 g/mol. The lowest BCUT2D eigenvalue weighted by Gasteiger charge is -2.19. The minimum Gasteiger partial charge on any atom is -0.483 e. The van der Waals surface area contributed by atoms with Crippen LogP contribution in [-0.2, 0) is 5.41 Å². The number of benzene rings is 1. The summed E-state index contributed by atoms with van der Waals surface area (Å²) in [4.78, 5) is 16.4. The third-order valence-corrected chi connectivity index (χ3v) is 3.97. The van der Waals surface area contributed by atoms with Crippen molar-refractivity contribution in [2.24, 2.45) is 0 Å². The fourth-order valence-corrected chi connectivity index (χ4v) is 2.37. The van der Waals surface area contributed by atoms with Crippen LogP contribution in [0.4, 0.5) is 13.2 Å². The van der Waals surface area contributed by atoms with E-state index in [2.05, 4.69) is 35.8 Å². The van der Waals surface area contributed by atoms with Crippen LogP contribution in [0.15, 0.2) is 42.6 Å². The van der Waals surface area contributed by atoms with E-state index in [9.17, 15) is 18.0 Å². The number of halogens is 3. The van der Waals surface area contributed by atoms with Crippen molar-refractivity contribution in [3.05, 3.63) is 59.4 Å². The van der Waals surface area contributed by atoms with Crippen LogP contribution in [-0.4, -0.2) is 23.7 Å². The van der Waals surface area contributed by atoms with E-state index in [0.717, 1.165) is 5.56 Å². The van der Waals surface area contributed by atoms with E-state index < -0.39 is 18.8 Å². The Kier molecular flexibility index (Phi) is 6.13. The number of alkyl halides is 3. The summed E-state index contributed by atoms with van der Waals surface area (Å²) in [5, 5.41) is 2.82. The van der Waals surface area contributed by atoms with Gasteiger partial charge in [-0.05, 0) is 42.2 Å². The number of nitrogens with one attached hydrogen (secondary N) is 1. The number of rotatable bonds is 5. The summed E-state index contributed by atoms with van der Waals surface area (Å²) in [5.74, 6) is -0.227. The Balaban J connectivity index is 1.97. The quantitative estimate of drug-likeness (QED) is 0.810. The highest BCUT2D eigenvalue weighted by Crippen LogP contribution is 2.23. The number of hydrogen-bond donors (Lipinski definition) is 1. The van der Waals surface area contributed by atoms with Crippen molar-refractivity contribution in [3.63, 3.8) is 0 Å². The summed E-state index contributed by atoms with van der Waals surface area (Å²) < 4.78 is 41.1. The lowest BCUT2D eigenvalue weighted by molar-refractivity contribution is -0.153. The molecule has 146 valence electrons. The van der Waals surface area contributed by atoms with E-state index >= 15 is 0 Å². The number of nitrogens with zero attached hydrogens (tertiary/aromatic N) is 1. The van der Waals surface area contributed by atoms with Crippen molar-refractivity contribution in [1.82, 2.24) is 10.3 Å². The van der Waals surface area contributed by atoms with Gasteiger partial charge in [0.1, 0.15) is 5.75 Å². The molecule has 0 saturated carbocycles. The number of carbonyl (C=O) groups excluding carboxylic acids is 1. The molecule has 1 heterocycles. The topological polar surface area (TPSA) is 51.2 Å². The SMILES string of the molecule is C[C@H](NC(=O)c1ccc(C(C)(C)C)cc1)c1ccc(OCC(F)(F)F)cn1. The first kappa shape index (κ1) is 20.7. The first-order valence-electron chi connectivity index (χ1n) is 8.52. The summed E-state index contributed by atoms with van der Waals surface area (Å²) in [6, 6.07) is 9.90. The zero-order chi connectivity index (χ0) is 20.2. The lowest BCUT2D eigenvalue weighted by Crippen LogP contribution is -2.27. The largest absolute Gasteiger partial charge is 0.483 e. The van der Waals surface area contributed by atoms with Crippen molar-refractivity contribution < 1.29 is 22.7 Å². The molecule has 1 amide bonds. The predicted octanol–water partition coefficient (Wildman–Crippen LogP) is 4.81. The number of hydrogen-bond acceptors (Lipinski definition) is 3. The first-order valence-corrected chi connectivity index (χ1v) is 8.52. The summed E-state index contributed by atoms with van der Waals surface area (Å²) in [6.07, 6.45) is -3.19. The second-order valence-corrected chi connectivity index (χ2v) is 7.35. The third kappa shape index (κ3) is 6.27. The molecule has 2 rings (SSSR count). The summed E-state index contributed by atoms with van der Waals surface area (Å²) >= 11 is 0. The van der Waals surface area contributed by atoms with Gasteiger partial charge in [-0.2, -0.15) is 13.2 Å². The molecule has 4 nitrogen and oxygen atoms in total. The Bertz CT molecular complexity index is 764. The number of amides is 1. The van der Waals surface area contributed by atoms with Crippen LogP contribution >= 0.6 is 0 Å². The molecular formula is C20H23F3N2O2. The maximum Gasteiger partial charge on any atom is 0.422 e. The van der Waals surface area contributed by atoms with Crippen molar-refractivity contribution in [2.75, 3.05) is 6.61 Å². The summed E-state index contributed by atoms with van der Waals surface area (Å²) in [5.41, 5.74) is 2.18.